The van der Waals surface area contributed by atoms with E-state index in [1.54, 1.807) is 7.11 Å². The molecule has 1 aliphatic heterocycles. The Hall–Kier alpha value is -3.10. The molecule has 4 rings (SSSR count). The van der Waals surface area contributed by atoms with Crippen LogP contribution in [0.15, 0.2) is 54.7 Å². The summed E-state index contributed by atoms with van der Waals surface area (Å²) in [7, 11) is 1.68. The minimum Gasteiger partial charge on any atom is -0.496 e. The van der Waals surface area contributed by atoms with Gasteiger partial charge in [-0.1, -0.05) is 12.1 Å². The monoisotopic (exact) mass is 415 g/mol. The van der Waals surface area contributed by atoms with Crippen molar-refractivity contribution >= 4 is 0 Å². The fourth-order valence-corrected chi connectivity index (χ4v) is 4.81. The van der Waals surface area contributed by atoms with Crippen molar-refractivity contribution in [3.63, 3.8) is 0 Å². The van der Waals surface area contributed by atoms with Gasteiger partial charge in [-0.3, -0.25) is 4.57 Å². The molecule has 0 N–H and O–H groups in total. The lowest BCUT2D eigenvalue weighted by Gasteiger charge is -2.45. The zero-order valence-electron chi connectivity index (χ0n) is 18.8. The van der Waals surface area contributed by atoms with Gasteiger partial charge in [0, 0.05) is 17.8 Å². The minimum absolute atomic E-state index is 0.213. The number of para-hydroxylation sites is 1. The quantitative estimate of drug-likeness (QED) is 0.535. The highest BCUT2D eigenvalue weighted by Crippen LogP contribution is 2.44. The van der Waals surface area contributed by atoms with Gasteiger partial charge in [0.15, 0.2) is 0 Å². The van der Waals surface area contributed by atoms with Crippen LogP contribution in [0.5, 0.6) is 5.75 Å². The first-order valence-corrected chi connectivity index (χ1v) is 10.6. The number of nitrogens with zero attached hydrogens (tertiary/aromatic N) is 3. The number of nitriles is 1. The van der Waals surface area contributed by atoms with Crippen molar-refractivity contribution < 1.29 is 9.47 Å². The lowest BCUT2D eigenvalue weighted by Crippen LogP contribution is -2.44. The Labute approximate surface area is 184 Å². The highest BCUT2D eigenvalue weighted by molar-refractivity contribution is 5.67. The lowest BCUT2D eigenvalue weighted by molar-refractivity contribution is -0.162. The van der Waals surface area contributed by atoms with Crippen LogP contribution < -0.4 is 4.74 Å². The van der Waals surface area contributed by atoms with Crippen LogP contribution >= 0.6 is 0 Å². The average molecular weight is 416 g/mol. The molecule has 31 heavy (non-hydrogen) atoms. The van der Waals surface area contributed by atoms with Gasteiger partial charge in [0.1, 0.15) is 11.6 Å². The number of ether oxygens (including phenoxy) is 2. The van der Waals surface area contributed by atoms with Crippen molar-refractivity contribution in [2.24, 2.45) is 0 Å². The minimum atomic E-state index is -0.213. The second kappa shape index (κ2) is 7.86. The fraction of sp³-hybridized carbons (Fsp3) is 0.385. The van der Waals surface area contributed by atoms with Gasteiger partial charge in [-0.15, -0.1) is 0 Å². The van der Waals surface area contributed by atoms with Crippen LogP contribution in [-0.4, -0.2) is 27.9 Å². The largest absolute Gasteiger partial charge is 0.496 e. The average Bonchev–Trinajstić information content (AvgIpc) is 3.17. The van der Waals surface area contributed by atoms with E-state index >= 15 is 0 Å². The molecule has 0 spiro atoms. The number of aromatic nitrogens is 2. The maximum absolute atomic E-state index is 9.17. The van der Waals surface area contributed by atoms with Crippen LogP contribution in [0.25, 0.3) is 17.1 Å². The predicted molar refractivity (Wildman–Crippen MR) is 121 cm³/mol. The molecule has 2 aromatic carbocycles. The van der Waals surface area contributed by atoms with E-state index in [0.717, 1.165) is 41.4 Å². The van der Waals surface area contributed by atoms with Gasteiger partial charge < -0.3 is 9.47 Å². The van der Waals surface area contributed by atoms with Crippen molar-refractivity contribution in [2.75, 3.05) is 7.11 Å². The summed E-state index contributed by atoms with van der Waals surface area (Å²) >= 11 is 0. The summed E-state index contributed by atoms with van der Waals surface area (Å²) in [6, 6.07) is 17.7. The summed E-state index contributed by atoms with van der Waals surface area (Å²) < 4.78 is 14.0. The number of hydrogen-bond donors (Lipinski definition) is 0. The van der Waals surface area contributed by atoms with E-state index in [9.17, 15) is 5.26 Å². The summed E-state index contributed by atoms with van der Waals surface area (Å²) in [6.07, 6.45) is 3.95. The molecule has 160 valence electrons. The van der Waals surface area contributed by atoms with Gasteiger partial charge >= 0.3 is 0 Å². The highest BCUT2D eigenvalue weighted by Gasteiger charge is 2.41. The lowest BCUT2D eigenvalue weighted by atomic mass is 9.79. The van der Waals surface area contributed by atoms with E-state index in [0.29, 0.717) is 5.56 Å². The van der Waals surface area contributed by atoms with Gasteiger partial charge in [-0.05, 0) is 76.9 Å². The summed E-state index contributed by atoms with van der Waals surface area (Å²) in [4.78, 5) is 5.13. The van der Waals surface area contributed by atoms with Crippen molar-refractivity contribution in [2.45, 2.75) is 57.7 Å². The van der Waals surface area contributed by atoms with Gasteiger partial charge in [0.05, 0.1) is 41.2 Å². The molecule has 0 atom stereocenters. The van der Waals surface area contributed by atoms with Gasteiger partial charge in [-0.25, -0.2) is 4.98 Å². The van der Waals surface area contributed by atoms with E-state index < -0.39 is 0 Å². The molecule has 1 fully saturated rings. The van der Waals surface area contributed by atoms with Crippen molar-refractivity contribution in [1.29, 1.82) is 5.26 Å². The van der Waals surface area contributed by atoms with E-state index in [2.05, 4.69) is 44.5 Å². The van der Waals surface area contributed by atoms with Crippen LogP contribution in [0.4, 0.5) is 0 Å². The number of imidazole rings is 1. The standard InChI is InChI=1S/C26H29N3O2/c1-25(2)14-19(15-26(3,4)31-25)22-17-29(20-12-10-18(16-27)11-13-20)24(28-22)21-8-6-7-9-23(21)30-5/h6-13,17,19H,14-15H2,1-5H3. The van der Waals surface area contributed by atoms with Crippen LogP contribution in [-0.2, 0) is 4.74 Å². The van der Waals surface area contributed by atoms with Gasteiger partial charge in [-0.2, -0.15) is 5.26 Å². The molecule has 1 aliphatic rings. The van der Waals surface area contributed by atoms with Crippen LogP contribution in [0.2, 0.25) is 0 Å². The predicted octanol–water partition coefficient (Wildman–Crippen LogP) is 5.87. The second-order valence-electron chi connectivity index (χ2n) is 9.44. The third kappa shape index (κ3) is 4.35. The van der Waals surface area contributed by atoms with E-state index in [1.165, 1.54) is 0 Å². The Morgan fingerprint density at radius 2 is 1.68 bits per heavy atom. The molecule has 0 aliphatic carbocycles. The molecule has 0 bridgehead atoms. The van der Waals surface area contributed by atoms with Crippen LogP contribution in [0.3, 0.4) is 0 Å². The number of rotatable bonds is 4. The molecule has 0 amide bonds. The molecule has 0 unspecified atom stereocenters. The molecule has 0 radical (unpaired) electrons. The molecule has 0 saturated carbocycles. The van der Waals surface area contributed by atoms with Gasteiger partial charge in [0.2, 0.25) is 0 Å². The first kappa shape index (κ1) is 21.1. The first-order chi connectivity index (χ1) is 14.7. The maximum atomic E-state index is 9.17. The summed E-state index contributed by atoms with van der Waals surface area (Å²) in [6.45, 7) is 8.61. The highest BCUT2D eigenvalue weighted by atomic mass is 16.5. The van der Waals surface area contributed by atoms with Crippen LogP contribution in [0, 0.1) is 11.3 Å². The SMILES string of the molecule is COc1ccccc1-c1nc(C2CC(C)(C)OC(C)(C)C2)cn1-c1ccc(C#N)cc1. The molecular formula is C26H29N3O2. The Kier molecular flexibility index (Phi) is 5.36. The molecule has 1 saturated heterocycles. The smallest absolute Gasteiger partial charge is 0.148 e. The number of benzene rings is 2. The molecule has 2 heterocycles. The summed E-state index contributed by atoms with van der Waals surface area (Å²) in [5.74, 6) is 1.90. The Morgan fingerprint density at radius 3 is 2.29 bits per heavy atom. The zero-order valence-corrected chi connectivity index (χ0v) is 18.8. The fourth-order valence-electron chi connectivity index (χ4n) is 4.81. The van der Waals surface area contributed by atoms with Crippen molar-refractivity contribution in [1.82, 2.24) is 9.55 Å². The molecule has 5 nitrogen and oxygen atoms in total. The molecular weight excluding hydrogens is 386 g/mol. The number of methoxy groups -OCH3 is 1. The maximum Gasteiger partial charge on any atom is 0.148 e. The van der Waals surface area contributed by atoms with Crippen LogP contribution in [0.1, 0.15) is 57.7 Å². The van der Waals surface area contributed by atoms with E-state index in [1.807, 2.05) is 48.5 Å². The summed E-state index contributed by atoms with van der Waals surface area (Å²) in [5.41, 5.74) is 3.16. The molecule has 3 aromatic rings. The Balaban J connectivity index is 1.85. The summed E-state index contributed by atoms with van der Waals surface area (Å²) in [5, 5.41) is 9.17. The van der Waals surface area contributed by atoms with E-state index in [4.69, 9.17) is 14.5 Å². The third-order valence-electron chi connectivity index (χ3n) is 5.79. The van der Waals surface area contributed by atoms with Crippen molar-refractivity contribution in [3.05, 3.63) is 66.0 Å². The topological polar surface area (TPSA) is 60.1 Å². The molecule has 5 heteroatoms. The zero-order chi connectivity index (χ0) is 22.2. The normalized spacial score (nSPS) is 17.8. The van der Waals surface area contributed by atoms with E-state index in [-0.39, 0.29) is 17.1 Å². The van der Waals surface area contributed by atoms with Crippen molar-refractivity contribution in [3.8, 4) is 28.9 Å². The Bertz CT molecular complexity index is 1100. The van der Waals surface area contributed by atoms with Gasteiger partial charge in [0.25, 0.3) is 0 Å². The number of hydrogen-bond acceptors (Lipinski definition) is 4. The third-order valence-corrected chi connectivity index (χ3v) is 5.79. The second-order valence-corrected chi connectivity index (χ2v) is 9.44. The Morgan fingerprint density at radius 1 is 1.03 bits per heavy atom. The first-order valence-electron chi connectivity index (χ1n) is 10.6. The molecule has 1 aromatic heterocycles.